The molecule has 0 amide bonds. The van der Waals surface area contributed by atoms with E-state index in [1.807, 2.05) is 24.3 Å². The number of benzene rings is 2. The van der Waals surface area contributed by atoms with Gasteiger partial charge in [0.2, 0.25) is 10.0 Å². The van der Waals surface area contributed by atoms with E-state index in [1.54, 1.807) is 0 Å². The number of hydrogen-bond donors (Lipinski definition) is 1. The Balaban J connectivity index is 1.70. The minimum absolute atomic E-state index is 0.0895. The fourth-order valence-corrected chi connectivity index (χ4v) is 4.44. The molecule has 0 aliphatic carbocycles. The summed E-state index contributed by atoms with van der Waals surface area (Å²) < 4.78 is 37.6. The van der Waals surface area contributed by atoms with Gasteiger partial charge < -0.3 is 9.47 Å². The quantitative estimate of drug-likeness (QED) is 0.249. The number of ether oxygens (including phenoxy) is 2. The molecule has 0 saturated carbocycles. The van der Waals surface area contributed by atoms with E-state index in [2.05, 4.69) is 17.5 Å². The summed E-state index contributed by atoms with van der Waals surface area (Å²) in [7, 11) is -3.84. The molecule has 2 aromatic carbocycles. The van der Waals surface area contributed by atoms with Crippen LogP contribution in [0.4, 0.5) is 11.4 Å². The number of anilines is 1. The number of hydrazone groups is 1. The largest absolute Gasteiger partial charge is 0.494 e. The van der Waals surface area contributed by atoms with Gasteiger partial charge in [-0.3, -0.25) is 15.5 Å². The molecule has 32 heavy (non-hydrogen) atoms. The number of nitro benzene ring substituents is 1. The van der Waals surface area contributed by atoms with Crippen LogP contribution in [-0.2, 0) is 14.8 Å². The highest BCUT2D eigenvalue weighted by Gasteiger charge is 2.28. The predicted octanol–water partition coefficient (Wildman–Crippen LogP) is 3.24. The van der Waals surface area contributed by atoms with Crippen molar-refractivity contribution >= 4 is 27.6 Å². The third-order valence-electron chi connectivity index (χ3n) is 4.82. The van der Waals surface area contributed by atoms with Crippen LogP contribution in [-0.4, -0.2) is 56.8 Å². The van der Waals surface area contributed by atoms with Crippen LogP contribution in [0.5, 0.6) is 5.75 Å². The Morgan fingerprint density at radius 3 is 2.59 bits per heavy atom. The Labute approximate surface area is 187 Å². The lowest BCUT2D eigenvalue weighted by Crippen LogP contribution is -2.40. The van der Waals surface area contributed by atoms with Crippen LogP contribution in [0, 0.1) is 10.1 Å². The molecule has 1 saturated heterocycles. The molecule has 3 rings (SSSR count). The molecule has 1 aliphatic rings. The normalized spacial score (nSPS) is 15.0. The fourth-order valence-electron chi connectivity index (χ4n) is 3.01. The van der Waals surface area contributed by atoms with Crippen LogP contribution in [0.2, 0.25) is 0 Å². The van der Waals surface area contributed by atoms with Crippen LogP contribution < -0.4 is 10.2 Å². The second kappa shape index (κ2) is 11.0. The highest BCUT2D eigenvalue weighted by atomic mass is 32.2. The first kappa shape index (κ1) is 23.6. The second-order valence-electron chi connectivity index (χ2n) is 7.09. The van der Waals surface area contributed by atoms with Gasteiger partial charge in [0, 0.05) is 19.2 Å². The Kier molecular flexibility index (Phi) is 8.14. The number of hydrogen-bond acceptors (Lipinski definition) is 8. The number of nitrogens with one attached hydrogen (secondary N) is 1. The molecule has 1 fully saturated rings. The topological polar surface area (TPSA) is 123 Å². The number of sulfonamides is 1. The van der Waals surface area contributed by atoms with Crippen molar-refractivity contribution in [1.82, 2.24) is 4.31 Å². The zero-order valence-electron chi connectivity index (χ0n) is 17.8. The number of nitro groups is 1. The van der Waals surface area contributed by atoms with E-state index in [-0.39, 0.29) is 29.4 Å². The van der Waals surface area contributed by atoms with Gasteiger partial charge in [-0.2, -0.15) is 9.41 Å². The second-order valence-corrected chi connectivity index (χ2v) is 9.03. The maximum atomic E-state index is 12.8. The van der Waals surface area contributed by atoms with Crippen molar-refractivity contribution in [2.45, 2.75) is 24.7 Å². The molecule has 1 N–H and O–H groups in total. The summed E-state index contributed by atoms with van der Waals surface area (Å²) in [4.78, 5) is 10.7. The summed E-state index contributed by atoms with van der Waals surface area (Å²) >= 11 is 0. The first-order chi connectivity index (χ1) is 15.4. The van der Waals surface area contributed by atoms with Crippen molar-refractivity contribution in [2.75, 3.05) is 38.3 Å². The molecule has 172 valence electrons. The molecule has 1 heterocycles. The molecule has 0 spiro atoms. The number of morpholine rings is 1. The molecular weight excluding hydrogens is 436 g/mol. The molecule has 2 aromatic rings. The van der Waals surface area contributed by atoms with Gasteiger partial charge in [-0.1, -0.05) is 13.3 Å². The summed E-state index contributed by atoms with van der Waals surface area (Å²) in [6, 6.07) is 11.0. The molecule has 0 unspecified atom stereocenters. The summed E-state index contributed by atoms with van der Waals surface area (Å²) in [6.45, 7) is 3.76. The van der Waals surface area contributed by atoms with Crippen molar-refractivity contribution in [3.63, 3.8) is 0 Å². The van der Waals surface area contributed by atoms with Crippen LogP contribution in [0.3, 0.4) is 0 Å². The highest BCUT2D eigenvalue weighted by molar-refractivity contribution is 7.89. The molecule has 10 nitrogen and oxygen atoms in total. The van der Waals surface area contributed by atoms with Crippen molar-refractivity contribution < 1.29 is 22.8 Å². The van der Waals surface area contributed by atoms with Crippen molar-refractivity contribution in [1.29, 1.82) is 0 Å². The molecule has 0 atom stereocenters. The predicted molar refractivity (Wildman–Crippen MR) is 121 cm³/mol. The third kappa shape index (κ3) is 6.02. The first-order valence-electron chi connectivity index (χ1n) is 10.3. The van der Waals surface area contributed by atoms with E-state index in [9.17, 15) is 18.5 Å². The molecular formula is C21H26N4O6S. The van der Waals surface area contributed by atoms with Gasteiger partial charge in [0.25, 0.3) is 5.69 Å². The first-order valence-corrected chi connectivity index (χ1v) is 11.7. The summed E-state index contributed by atoms with van der Waals surface area (Å²) in [5.41, 5.74) is 3.11. The minimum Gasteiger partial charge on any atom is -0.494 e. The monoisotopic (exact) mass is 462 g/mol. The van der Waals surface area contributed by atoms with Gasteiger partial charge in [-0.05, 0) is 48.4 Å². The van der Waals surface area contributed by atoms with Gasteiger partial charge in [0.05, 0.1) is 35.9 Å². The summed E-state index contributed by atoms with van der Waals surface area (Å²) in [6.07, 6.45) is 3.55. The Bertz CT molecular complexity index is 1050. The SMILES string of the molecule is CCCCOc1ccc(/C=N\Nc2ccc(S(=O)(=O)N3CCOCC3)cc2[N+](=O)[O-])cc1. The lowest BCUT2D eigenvalue weighted by molar-refractivity contribution is -0.384. The van der Waals surface area contributed by atoms with E-state index >= 15 is 0 Å². The zero-order chi connectivity index (χ0) is 23.0. The van der Waals surface area contributed by atoms with Gasteiger partial charge >= 0.3 is 0 Å². The van der Waals surface area contributed by atoms with E-state index in [0.717, 1.165) is 30.2 Å². The third-order valence-corrected chi connectivity index (χ3v) is 6.71. The zero-order valence-corrected chi connectivity index (χ0v) is 18.6. The summed E-state index contributed by atoms with van der Waals surface area (Å²) in [5, 5.41) is 15.6. The number of nitrogens with zero attached hydrogens (tertiary/aromatic N) is 3. The van der Waals surface area contributed by atoms with E-state index in [0.29, 0.717) is 19.8 Å². The van der Waals surface area contributed by atoms with Gasteiger partial charge in [-0.15, -0.1) is 0 Å². The maximum absolute atomic E-state index is 12.8. The molecule has 0 radical (unpaired) electrons. The average Bonchev–Trinajstić information content (AvgIpc) is 2.81. The van der Waals surface area contributed by atoms with Crippen LogP contribution in [0.15, 0.2) is 52.5 Å². The lowest BCUT2D eigenvalue weighted by atomic mass is 10.2. The van der Waals surface area contributed by atoms with Gasteiger partial charge in [0.1, 0.15) is 11.4 Å². The Hall–Kier alpha value is -3.02. The van der Waals surface area contributed by atoms with E-state index in [1.165, 1.54) is 22.7 Å². The number of unbranched alkanes of at least 4 members (excludes halogenated alkanes) is 1. The maximum Gasteiger partial charge on any atom is 0.295 e. The standard InChI is InChI=1S/C21H26N4O6S/c1-2-3-12-31-18-6-4-17(5-7-18)16-22-23-20-9-8-19(15-21(20)25(26)27)32(28,29)24-10-13-30-14-11-24/h4-9,15-16,23H,2-3,10-14H2,1H3/b22-16-. The fraction of sp³-hybridized carbons (Fsp3) is 0.381. The van der Waals surface area contributed by atoms with E-state index in [4.69, 9.17) is 9.47 Å². The molecule has 11 heteroatoms. The average molecular weight is 463 g/mol. The van der Waals surface area contributed by atoms with Crippen LogP contribution >= 0.6 is 0 Å². The Morgan fingerprint density at radius 2 is 1.94 bits per heavy atom. The lowest BCUT2D eigenvalue weighted by Gasteiger charge is -2.26. The van der Waals surface area contributed by atoms with E-state index < -0.39 is 14.9 Å². The number of rotatable bonds is 10. The molecule has 0 aromatic heterocycles. The van der Waals surface area contributed by atoms with Gasteiger partial charge in [-0.25, -0.2) is 8.42 Å². The van der Waals surface area contributed by atoms with Crippen LogP contribution in [0.1, 0.15) is 25.3 Å². The van der Waals surface area contributed by atoms with Crippen LogP contribution in [0.25, 0.3) is 0 Å². The van der Waals surface area contributed by atoms with Crippen molar-refractivity contribution in [2.24, 2.45) is 5.10 Å². The smallest absolute Gasteiger partial charge is 0.295 e. The minimum atomic E-state index is -3.84. The van der Waals surface area contributed by atoms with Gasteiger partial charge in [0.15, 0.2) is 0 Å². The molecule has 1 aliphatic heterocycles. The summed E-state index contributed by atoms with van der Waals surface area (Å²) in [5.74, 6) is 0.760. The molecule has 0 bridgehead atoms. The van der Waals surface area contributed by atoms with Crippen molar-refractivity contribution in [3.05, 3.63) is 58.1 Å². The highest BCUT2D eigenvalue weighted by Crippen LogP contribution is 2.29. The van der Waals surface area contributed by atoms with Crippen molar-refractivity contribution in [3.8, 4) is 5.75 Å². The Morgan fingerprint density at radius 1 is 1.22 bits per heavy atom.